The minimum absolute atomic E-state index is 0.310. The number of hydrogen-bond acceptors (Lipinski definition) is 4. The van der Waals surface area contributed by atoms with Gasteiger partial charge in [0.2, 0.25) is 0 Å². The molecule has 1 unspecified atom stereocenters. The summed E-state index contributed by atoms with van der Waals surface area (Å²) in [6.07, 6.45) is 2.85. The molecule has 1 saturated heterocycles. The quantitative estimate of drug-likeness (QED) is 0.769. The maximum Gasteiger partial charge on any atom is 0.338 e. The van der Waals surface area contributed by atoms with Gasteiger partial charge in [0.1, 0.15) is 5.82 Å². The topological polar surface area (TPSA) is 42.4 Å². The van der Waals surface area contributed by atoms with Crippen LogP contribution in [-0.2, 0) is 4.74 Å². The van der Waals surface area contributed by atoms with Crippen molar-refractivity contribution in [3.63, 3.8) is 0 Å². The number of hydrogen-bond donors (Lipinski definition) is 0. The van der Waals surface area contributed by atoms with Crippen LogP contribution in [0.4, 0.5) is 5.82 Å². The molecule has 2 heterocycles. The van der Waals surface area contributed by atoms with E-state index < -0.39 is 0 Å². The van der Waals surface area contributed by atoms with Gasteiger partial charge < -0.3 is 9.64 Å². The Morgan fingerprint density at radius 2 is 2.21 bits per heavy atom. The minimum Gasteiger partial charge on any atom is -0.465 e. The fraction of sp³-hybridized carbons (Fsp3) is 0.600. The highest BCUT2D eigenvalue weighted by Crippen LogP contribution is 2.35. The van der Waals surface area contributed by atoms with E-state index in [4.69, 9.17) is 4.74 Å². The summed E-state index contributed by atoms with van der Waals surface area (Å²) < 4.78 is 4.74. The third-order valence-electron chi connectivity index (χ3n) is 3.90. The summed E-state index contributed by atoms with van der Waals surface area (Å²) in [7, 11) is 1.40. The van der Waals surface area contributed by atoms with E-state index >= 15 is 0 Å². The number of nitrogens with zero attached hydrogens (tertiary/aromatic N) is 2. The van der Waals surface area contributed by atoms with Crippen molar-refractivity contribution in [1.29, 1.82) is 0 Å². The molecule has 4 nitrogen and oxygen atoms in total. The fourth-order valence-corrected chi connectivity index (χ4v) is 2.51. The number of ether oxygens (including phenoxy) is 1. The minimum atomic E-state index is -0.310. The van der Waals surface area contributed by atoms with E-state index in [0.717, 1.165) is 18.9 Å². The Morgan fingerprint density at radius 1 is 1.47 bits per heavy atom. The monoisotopic (exact) mass is 262 g/mol. The Hall–Kier alpha value is -1.58. The molecular formula is C15H22N2O2. The smallest absolute Gasteiger partial charge is 0.338 e. The molecule has 0 aliphatic carbocycles. The summed E-state index contributed by atoms with van der Waals surface area (Å²) in [5.74, 6) is 1.22. The maximum atomic E-state index is 11.5. The average Bonchev–Trinajstić information content (AvgIpc) is 2.87. The number of carbonyl (C=O) groups excluding carboxylic acids is 1. The average molecular weight is 262 g/mol. The van der Waals surface area contributed by atoms with Crippen LogP contribution < -0.4 is 4.90 Å². The van der Waals surface area contributed by atoms with Crippen LogP contribution in [0.15, 0.2) is 18.3 Å². The lowest BCUT2D eigenvalue weighted by Crippen LogP contribution is -2.26. The van der Waals surface area contributed by atoms with Gasteiger partial charge in [0.25, 0.3) is 0 Å². The summed E-state index contributed by atoms with van der Waals surface area (Å²) in [5.41, 5.74) is 0.876. The largest absolute Gasteiger partial charge is 0.465 e. The predicted molar refractivity (Wildman–Crippen MR) is 75.4 cm³/mol. The molecule has 0 radical (unpaired) electrons. The summed E-state index contributed by atoms with van der Waals surface area (Å²) in [4.78, 5) is 18.2. The highest BCUT2D eigenvalue weighted by atomic mass is 16.5. The Bertz CT molecular complexity index is 465. The Morgan fingerprint density at radius 3 is 2.79 bits per heavy atom. The van der Waals surface area contributed by atoms with Crippen LogP contribution in [0, 0.1) is 11.3 Å². The first-order valence-electron chi connectivity index (χ1n) is 6.71. The van der Waals surface area contributed by atoms with E-state index in [1.165, 1.54) is 13.5 Å². The zero-order chi connectivity index (χ0) is 14.0. The van der Waals surface area contributed by atoms with Gasteiger partial charge in [-0.25, -0.2) is 9.78 Å². The molecule has 0 saturated carbocycles. The van der Waals surface area contributed by atoms with E-state index in [1.807, 2.05) is 6.07 Å². The molecule has 0 spiro atoms. The Labute approximate surface area is 114 Å². The van der Waals surface area contributed by atoms with Gasteiger partial charge in [0.05, 0.1) is 12.7 Å². The van der Waals surface area contributed by atoms with Crippen LogP contribution in [0.2, 0.25) is 0 Å². The van der Waals surface area contributed by atoms with Gasteiger partial charge in [-0.3, -0.25) is 0 Å². The summed E-state index contributed by atoms with van der Waals surface area (Å²) in [6, 6.07) is 3.50. The number of methoxy groups -OCH3 is 1. The van der Waals surface area contributed by atoms with Gasteiger partial charge in [-0.1, -0.05) is 20.8 Å². The number of anilines is 1. The molecule has 1 aliphatic rings. The molecule has 2 rings (SSSR count). The molecule has 1 atom stereocenters. The first-order valence-corrected chi connectivity index (χ1v) is 6.71. The van der Waals surface area contributed by atoms with E-state index in [1.54, 1.807) is 12.3 Å². The molecule has 1 aliphatic heterocycles. The van der Waals surface area contributed by atoms with Crippen molar-refractivity contribution in [3.8, 4) is 0 Å². The molecule has 0 aromatic carbocycles. The number of pyridine rings is 1. The molecular weight excluding hydrogens is 240 g/mol. The van der Waals surface area contributed by atoms with Crippen molar-refractivity contribution in [3.05, 3.63) is 23.9 Å². The van der Waals surface area contributed by atoms with Gasteiger partial charge in [-0.05, 0) is 29.9 Å². The third-order valence-corrected chi connectivity index (χ3v) is 3.90. The lowest BCUT2D eigenvalue weighted by Gasteiger charge is -2.27. The number of carbonyl (C=O) groups is 1. The second-order valence-corrected chi connectivity index (χ2v) is 6.19. The van der Waals surface area contributed by atoms with E-state index in [-0.39, 0.29) is 5.97 Å². The second-order valence-electron chi connectivity index (χ2n) is 6.19. The van der Waals surface area contributed by atoms with E-state index in [2.05, 4.69) is 30.7 Å². The summed E-state index contributed by atoms with van der Waals surface area (Å²) >= 11 is 0. The standard InChI is InChI=1S/C15H22N2O2/c1-15(2,3)12-6-8-17(10-12)13-9-11(5-7-16-13)14(18)19-4/h5,7,9,12H,6,8,10H2,1-4H3. The molecule has 1 aromatic heterocycles. The van der Waals surface area contributed by atoms with Crippen molar-refractivity contribution >= 4 is 11.8 Å². The highest BCUT2D eigenvalue weighted by Gasteiger charge is 2.32. The van der Waals surface area contributed by atoms with E-state index in [0.29, 0.717) is 16.9 Å². The Kier molecular flexibility index (Phi) is 3.78. The molecule has 104 valence electrons. The predicted octanol–water partition coefficient (Wildman–Crippen LogP) is 2.74. The maximum absolute atomic E-state index is 11.5. The van der Waals surface area contributed by atoms with Crippen molar-refractivity contribution < 1.29 is 9.53 Å². The highest BCUT2D eigenvalue weighted by molar-refractivity contribution is 5.90. The molecule has 4 heteroatoms. The van der Waals surface area contributed by atoms with Crippen LogP contribution in [0.3, 0.4) is 0 Å². The third kappa shape index (κ3) is 3.06. The lowest BCUT2D eigenvalue weighted by atomic mass is 9.80. The number of esters is 1. The van der Waals surface area contributed by atoms with E-state index in [9.17, 15) is 4.79 Å². The van der Waals surface area contributed by atoms with Gasteiger partial charge >= 0.3 is 5.97 Å². The summed E-state index contributed by atoms with van der Waals surface area (Å²) in [5, 5.41) is 0. The van der Waals surface area contributed by atoms with Gasteiger partial charge in [-0.2, -0.15) is 0 Å². The number of rotatable bonds is 2. The fourth-order valence-electron chi connectivity index (χ4n) is 2.51. The first kappa shape index (κ1) is 13.8. The van der Waals surface area contributed by atoms with Crippen molar-refractivity contribution in [2.45, 2.75) is 27.2 Å². The van der Waals surface area contributed by atoms with Crippen LogP contribution in [0.25, 0.3) is 0 Å². The van der Waals surface area contributed by atoms with Crippen molar-refractivity contribution in [2.75, 3.05) is 25.1 Å². The SMILES string of the molecule is COC(=O)c1ccnc(N2CCC(C(C)(C)C)C2)c1. The zero-order valence-corrected chi connectivity index (χ0v) is 12.1. The molecule has 19 heavy (non-hydrogen) atoms. The normalized spacial score (nSPS) is 19.6. The molecule has 1 fully saturated rings. The van der Waals surface area contributed by atoms with Gasteiger partial charge in [-0.15, -0.1) is 0 Å². The Balaban J connectivity index is 2.14. The van der Waals surface area contributed by atoms with Crippen LogP contribution in [0.5, 0.6) is 0 Å². The van der Waals surface area contributed by atoms with Crippen molar-refractivity contribution in [1.82, 2.24) is 4.98 Å². The van der Waals surface area contributed by atoms with Crippen LogP contribution in [-0.4, -0.2) is 31.2 Å². The van der Waals surface area contributed by atoms with Crippen LogP contribution >= 0.6 is 0 Å². The summed E-state index contributed by atoms with van der Waals surface area (Å²) in [6.45, 7) is 8.83. The van der Waals surface area contributed by atoms with Crippen LogP contribution in [0.1, 0.15) is 37.6 Å². The second kappa shape index (κ2) is 5.19. The first-order chi connectivity index (χ1) is 8.91. The molecule has 0 bridgehead atoms. The lowest BCUT2D eigenvalue weighted by molar-refractivity contribution is 0.0600. The number of aromatic nitrogens is 1. The zero-order valence-electron chi connectivity index (χ0n) is 12.1. The molecule has 1 aromatic rings. The van der Waals surface area contributed by atoms with Gasteiger partial charge in [0.15, 0.2) is 0 Å². The van der Waals surface area contributed by atoms with Crippen molar-refractivity contribution in [2.24, 2.45) is 11.3 Å². The van der Waals surface area contributed by atoms with Gasteiger partial charge in [0, 0.05) is 19.3 Å². The molecule has 0 amide bonds. The molecule has 0 N–H and O–H groups in total.